The fraction of sp³-hybridized carbons (Fsp3) is 0.417. The van der Waals surface area contributed by atoms with E-state index in [1.54, 1.807) is 24.3 Å². The molecule has 5 heteroatoms. The van der Waals surface area contributed by atoms with Gasteiger partial charge in [-0.3, -0.25) is 4.79 Å². The van der Waals surface area contributed by atoms with Gasteiger partial charge in [0.15, 0.2) is 0 Å². The maximum atomic E-state index is 11.9. The van der Waals surface area contributed by atoms with Gasteiger partial charge in [0.25, 0.3) is 0 Å². The van der Waals surface area contributed by atoms with Crippen LogP contribution in [-0.2, 0) is 11.4 Å². The summed E-state index contributed by atoms with van der Waals surface area (Å²) in [5.41, 5.74) is 1.58. The normalized spacial score (nSPS) is 19.9. The average molecular weight is 235 g/mol. The Morgan fingerprint density at radius 2 is 2.12 bits per heavy atom. The van der Waals surface area contributed by atoms with Crippen LogP contribution < -0.4 is 16.0 Å². The lowest BCUT2D eigenvalue weighted by Crippen LogP contribution is -2.54. The van der Waals surface area contributed by atoms with Gasteiger partial charge in [0, 0.05) is 25.3 Å². The number of hydrogen-bond donors (Lipinski definition) is 4. The third-order valence-electron chi connectivity index (χ3n) is 2.76. The maximum absolute atomic E-state index is 11.9. The Hall–Kier alpha value is -1.43. The number of amides is 1. The Bertz CT molecular complexity index is 372. The summed E-state index contributed by atoms with van der Waals surface area (Å²) < 4.78 is 0. The summed E-state index contributed by atoms with van der Waals surface area (Å²) in [4.78, 5) is 11.9. The van der Waals surface area contributed by atoms with Crippen LogP contribution in [0.2, 0.25) is 0 Å². The summed E-state index contributed by atoms with van der Waals surface area (Å²) in [5, 5.41) is 18.1. The Morgan fingerprint density at radius 3 is 2.71 bits per heavy atom. The molecule has 1 heterocycles. The van der Waals surface area contributed by atoms with Crippen LogP contribution in [0.25, 0.3) is 0 Å². The number of carbonyl (C=O) groups is 1. The van der Waals surface area contributed by atoms with E-state index in [4.69, 9.17) is 5.11 Å². The average Bonchev–Trinajstić information content (AvgIpc) is 2.40. The number of hydrogen-bond acceptors (Lipinski definition) is 4. The molecular formula is C12H17N3O2. The lowest BCUT2D eigenvalue weighted by Gasteiger charge is -2.23. The predicted octanol–water partition coefficient (Wildman–Crippen LogP) is -0.321. The summed E-state index contributed by atoms with van der Waals surface area (Å²) in [7, 11) is 0. The molecule has 1 unspecified atom stereocenters. The van der Waals surface area contributed by atoms with Gasteiger partial charge in [-0.1, -0.05) is 12.1 Å². The first kappa shape index (κ1) is 12.0. The molecular weight excluding hydrogens is 218 g/mol. The van der Waals surface area contributed by atoms with Crippen molar-refractivity contribution in [1.29, 1.82) is 0 Å². The van der Waals surface area contributed by atoms with Gasteiger partial charge in [-0.05, 0) is 17.7 Å². The molecule has 2 rings (SSSR count). The smallest absolute Gasteiger partial charge is 0.242 e. The Labute approximate surface area is 100 Å². The number of nitrogens with one attached hydrogen (secondary N) is 3. The molecule has 0 aromatic heterocycles. The summed E-state index contributed by atoms with van der Waals surface area (Å²) in [6.07, 6.45) is 0. The van der Waals surface area contributed by atoms with Crippen LogP contribution in [0.1, 0.15) is 5.56 Å². The van der Waals surface area contributed by atoms with E-state index in [1.807, 2.05) is 0 Å². The Morgan fingerprint density at radius 1 is 1.35 bits per heavy atom. The largest absolute Gasteiger partial charge is 0.392 e. The third kappa shape index (κ3) is 3.26. The van der Waals surface area contributed by atoms with Gasteiger partial charge in [0.1, 0.15) is 0 Å². The van der Waals surface area contributed by atoms with Gasteiger partial charge in [0.2, 0.25) is 5.91 Å². The molecule has 4 N–H and O–H groups in total. The highest BCUT2D eigenvalue weighted by Crippen LogP contribution is 2.09. The molecule has 1 aliphatic rings. The molecule has 1 aromatic carbocycles. The third-order valence-corrected chi connectivity index (χ3v) is 2.76. The van der Waals surface area contributed by atoms with E-state index in [0.717, 1.165) is 24.3 Å². The highest BCUT2D eigenvalue weighted by atomic mass is 16.3. The fourth-order valence-electron chi connectivity index (χ4n) is 1.76. The van der Waals surface area contributed by atoms with Crippen LogP contribution in [0.4, 0.5) is 5.69 Å². The zero-order valence-corrected chi connectivity index (χ0v) is 9.57. The highest BCUT2D eigenvalue weighted by Gasteiger charge is 2.19. The number of benzene rings is 1. The van der Waals surface area contributed by atoms with Crippen molar-refractivity contribution in [3.63, 3.8) is 0 Å². The second kappa shape index (κ2) is 5.77. The summed E-state index contributed by atoms with van der Waals surface area (Å²) in [5.74, 6) is -0.0334. The van der Waals surface area contributed by atoms with E-state index in [1.165, 1.54) is 0 Å². The molecule has 5 nitrogen and oxygen atoms in total. The molecule has 0 spiro atoms. The molecule has 1 saturated heterocycles. The van der Waals surface area contributed by atoms with Crippen LogP contribution in [0, 0.1) is 0 Å². The van der Waals surface area contributed by atoms with Crippen molar-refractivity contribution in [2.45, 2.75) is 12.6 Å². The minimum Gasteiger partial charge on any atom is -0.392 e. The lowest BCUT2D eigenvalue weighted by atomic mass is 10.2. The summed E-state index contributed by atoms with van der Waals surface area (Å²) in [6, 6.07) is 6.99. The Balaban J connectivity index is 1.92. The first-order chi connectivity index (χ1) is 8.29. The summed E-state index contributed by atoms with van der Waals surface area (Å²) in [6.45, 7) is 2.37. The van der Waals surface area contributed by atoms with E-state index in [2.05, 4.69) is 16.0 Å². The number of carbonyl (C=O) groups excluding carboxylic acids is 1. The fourth-order valence-corrected chi connectivity index (χ4v) is 1.76. The van der Waals surface area contributed by atoms with Gasteiger partial charge >= 0.3 is 0 Å². The second-order valence-electron chi connectivity index (χ2n) is 4.06. The molecule has 1 aromatic rings. The monoisotopic (exact) mass is 235 g/mol. The molecule has 1 fully saturated rings. The first-order valence-electron chi connectivity index (χ1n) is 5.74. The zero-order valence-electron chi connectivity index (χ0n) is 9.57. The van der Waals surface area contributed by atoms with Crippen molar-refractivity contribution in [1.82, 2.24) is 10.6 Å². The number of aliphatic hydroxyl groups is 1. The highest BCUT2D eigenvalue weighted by molar-refractivity contribution is 5.95. The SMILES string of the molecule is O=C(Nc1ccc(CO)cc1)C1CNCCN1. The van der Waals surface area contributed by atoms with Crippen LogP contribution in [0.5, 0.6) is 0 Å². The number of aliphatic hydroxyl groups excluding tert-OH is 1. The van der Waals surface area contributed by atoms with Crippen LogP contribution in [0.3, 0.4) is 0 Å². The van der Waals surface area contributed by atoms with E-state index < -0.39 is 0 Å². The topological polar surface area (TPSA) is 73.4 Å². The van der Waals surface area contributed by atoms with E-state index >= 15 is 0 Å². The van der Waals surface area contributed by atoms with Gasteiger partial charge in [0.05, 0.1) is 12.6 Å². The van der Waals surface area contributed by atoms with Crippen molar-refractivity contribution in [3.8, 4) is 0 Å². The van der Waals surface area contributed by atoms with E-state index in [-0.39, 0.29) is 18.6 Å². The summed E-state index contributed by atoms with van der Waals surface area (Å²) >= 11 is 0. The van der Waals surface area contributed by atoms with Gasteiger partial charge in [-0.2, -0.15) is 0 Å². The predicted molar refractivity (Wildman–Crippen MR) is 65.7 cm³/mol. The van der Waals surface area contributed by atoms with Gasteiger partial charge in [-0.15, -0.1) is 0 Å². The molecule has 0 bridgehead atoms. The van der Waals surface area contributed by atoms with E-state index in [9.17, 15) is 4.79 Å². The Kier molecular flexibility index (Phi) is 4.08. The van der Waals surface area contributed by atoms with Gasteiger partial charge in [-0.25, -0.2) is 0 Å². The molecule has 1 amide bonds. The van der Waals surface area contributed by atoms with Crippen LogP contribution in [0.15, 0.2) is 24.3 Å². The van der Waals surface area contributed by atoms with Crippen molar-refractivity contribution in [3.05, 3.63) is 29.8 Å². The number of rotatable bonds is 3. The molecule has 17 heavy (non-hydrogen) atoms. The number of piperazine rings is 1. The van der Waals surface area contributed by atoms with Crippen molar-refractivity contribution >= 4 is 11.6 Å². The second-order valence-corrected chi connectivity index (χ2v) is 4.06. The standard InChI is InChI=1S/C12H17N3O2/c16-8-9-1-3-10(4-2-9)15-12(17)11-7-13-5-6-14-11/h1-4,11,13-14,16H,5-8H2,(H,15,17). The molecule has 0 aliphatic carbocycles. The van der Waals surface area contributed by atoms with Crippen molar-refractivity contribution < 1.29 is 9.90 Å². The first-order valence-corrected chi connectivity index (χ1v) is 5.74. The minimum absolute atomic E-state index is 0.0162. The maximum Gasteiger partial charge on any atom is 0.242 e. The molecule has 1 aliphatic heterocycles. The molecule has 92 valence electrons. The number of anilines is 1. The minimum atomic E-state index is -0.179. The molecule has 1 atom stereocenters. The zero-order chi connectivity index (χ0) is 12.1. The molecule has 0 saturated carbocycles. The molecule has 0 radical (unpaired) electrons. The van der Waals surface area contributed by atoms with Crippen LogP contribution in [-0.4, -0.2) is 36.7 Å². The van der Waals surface area contributed by atoms with E-state index in [0.29, 0.717) is 6.54 Å². The van der Waals surface area contributed by atoms with Gasteiger partial charge < -0.3 is 21.1 Å². The quantitative estimate of drug-likeness (QED) is 0.579. The van der Waals surface area contributed by atoms with Crippen molar-refractivity contribution in [2.75, 3.05) is 25.0 Å². The lowest BCUT2D eigenvalue weighted by molar-refractivity contribution is -0.118. The van der Waals surface area contributed by atoms with Crippen molar-refractivity contribution in [2.24, 2.45) is 0 Å². The van der Waals surface area contributed by atoms with Crippen LogP contribution >= 0.6 is 0 Å².